The highest BCUT2D eigenvalue weighted by molar-refractivity contribution is 9.10. The Bertz CT molecular complexity index is 610. The summed E-state index contributed by atoms with van der Waals surface area (Å²) >= 11 is 4.73. The van der Waals surface area contributed by atoms with Crippen molar-refractivity contribution in [1.82, 2.24) is 10.6 Å². The van der Waals surface area contributed by atoms with E-state index in [4.69, 9.17) is 4.74 Å². The fourth-order valence-electron chi connectivity index (χ4n) is 1.78. The third kappa shape index (κ3) is 7.35. The van der Waals surface area contributed by atoms with Crippen LogP contribution in [0.2, 0.25) is 0 Å². The number of esters is 1. The second-order valence-electron chi connectivity index (χ2n) is 5.04. The summed E-state index contributed by atoms with van der Waals surface area (Å²) < 4.78 is 5.89. The van der Waals surface area contributed by atoms with Crippen molar-refractivity contribution in [2.75, 3.05) is 18.9 Å². The molecule has 0 unspecified atom stereocenters. The Balaban J connectivity index is 2.33. The number of rotatable bonds is 8. The van der Waals surface area contributed by atoms with Gasteiger partial charge in [0.2, 0.25) is 5.91 Å². The minimum absolute atomic E-state index is 0.113. The van der Waals surface area contributed by atoms with Crippen molar-refractivity contribution in [2.45, 2.75) is 31.7 Å². The number of carbonyl (C=O) groups is 3. The molecule has 2 N–H and O–H groups in total. The Kier molecular flexibility index (Phi) is 8.84. The van der Waals surface area contributed by atoms with E-state index in [1.54, 1.807) is 13.8 Å². The lowest BCUT2D eigenvalue weighted by atomic mass is 10.2. The molecule has 1 atom stereocenters. The van der Waals surface area contributed by atoms with E-state index in [0.29, 0.717) is 6.54 Å². The first-order valence-electron chi connectivity index (χ1n) is 7.45. The molecule has 0 radical (unpaired) electrons. The van der Waals surface area contributed by atoms with E-state index in [1.807, 2.05) is 25.1 Å². The van der Waals surface area contributed by atoms with E-state index in [2.05, 4.69) is 26.6 Å². The number of amides is 2. The summed E-state index contributed by atoms with van der Waals surface area (Å²) in [6, 6.07) is 5.11. The molecule has 0 saturated carbocycles. The summed E-state index contributed by atoms with van der Waals surface area (Å²) in [5.74, 6) is -1.16. The second-order valence-corrected chi connectivity index (χ2v) is 6.98. The van der Waals surface area contributed by atoms with E-state index in [1.165, 1.54) is 11.8 Å². The van der Waals surface area contributed by atoms with Crippen molar-refractivity contribution in [1.29, 1.82) is 0 Å². The molecule has 0 aliphatic carbocycles. The van der Waals surface area contributed by atoms with Gasteiger partial charge in [-0.1, -0.05) is 15.9 Å². The van der Waals surface area contributed by atoms with Crippen molar-refractivity contribution in [3.05, 3.63) is 28.2 Å². The third-order valence-electron chi connectivity index (χ3n) is 2.97. The number of halogens is 1. The molecule has 8 heteroatoms. The Hall–Kier alpha value is -1.54. The van der Waals surface area contributed by atoms with Gasteiger partial charge in [0, 0.05) is 15.9 Å². The van der Waals surface area contributed by atoms with Gasteiger partial charge in [-0.3, -0.25) is 14.4 Å². The lowest BCUT2D eigenvalue weighted by Crippen LogP contribution is -2.46. The molecular weight excluding hydrogens is 396 g/mol. The maximum Gasteiger partial charge on any atom is 0.316 e. The fourth-order valence-corrected chi connectivity index (χ4v) is 3.06. The van der Waals surface area contributed by atoms with E-state index in [-0.39, 0.29) is 11.7 Å². The zero-order valence-electron chi connectivity index (χ0n) is 13.8. The van der Waals surface area contributed by atoms with Crippen LogP contribution in [0.25, 0.3) is 0 Å². The van der Waals surface area contributed by atoms with Gasteiger partial charge >= 0.3 is 5.97 Å². The fraction of sp³-hybridized carbons (Fsp3) is 0.438. The lowest BCUT2D eigenvalue weighted by Gasteiger charge is -2.13. The molecule has 0 heterocycles. The van der Waals surface area contributed by atoms with Gasteiger partial charge in [-0.25, -0.2) is 0 Å². The molecular formula is C16H21BrN2O4S. The topological polar surface area (TPSA) is 84.5 Å². The zero-order valence-corrected chi connectivity index (χ0v) is 16.3. The summed E-state index contributed by atoms with van der Waals surface area (Å²) in [7, 11) is 0. The summed E-state index contributed by atoms with van der Waals surface area (Å²) in [6.45, 7) is 5.40. The minimum atomic E-state index is -0.670. The van der Waals surface area contributed by atoms with E-state index in [9.17, 15) is 14.4 Å². The van der Waals surface area contributed by atoms with Crippen molar-refractivity contribution >= 4 is 45.5 Å². The quantitative estimate of drug-likeness (QED) is 0.500. The third-order valence-corrected chi connectivity index (χ3v) is 4.61. The van der Waals surface area contributed by atoms with Gasteiger partial charge in [0.25, 0.3) is 5.91 Å². The highest BCUT2D eigenvalue weighted by atomic mass is 79.9. The number of likely N-dealkylation sites (N-methyl/N-ethyl adjacent to an activating group) is 1. The van der Waals surface area contributed by atoms with E-state index < -0.39 is 24.5 Å². The molecule has 24 heavy (non-hydrogen) atoms. The number of thioether (sulfide) groups is 1. The number of nitrogens with one attached hydrogen (secondary N) is 2. The number of carbonyl (C=O) groups excluding carboxylic acids is 3. The molecule has 132 valence electrons. The Morgan fingerprint density at radius 2 is 2.04 bits per heavy atom. The van der Waals surface area contributed by atoms with Crippen LogP contribution in [0.1, 0.15) is 19.4 Å². The smallest absolute Gasteiger partial charge is 0.316 e. The minimum Gasteiger partial charge on any atom is -0.455 e. The maximum atomic E-state index is 11.7. The Morgan fingerprint density at radius 1 is 1.33 bits per heavy atom. The van der Waals surface area contributed by atoms with Crippen LogP contribution in [0.5, 0.6) is 0 Å². The van der Waals surface area contributed by atoms with Gasteiger partial charge in [-0.05, 0) is 44.5 Å². The largest absolute Gasteiger partial charge is 0.455 e. The zero-order chi connectivity index (χ0) is 18.1. The lowest BCUT2D eigenvalue weighted by molar-refractivity contribution is -0.146. The van der Waals surface area contributed by atoms with Crippen molar-refractivity contribution in [3.8, 4) is 0 Å². The molecule has 0 bridgehead atoms. The molecule has 1 aromatic rings. The molecule has 0 spiro atoms. The van der Waals surface area contributed by atoms with Crippen molar-refractivity contribution < 1.29 is 19.1 Å². The normalized spacial score (nSPS) is 11.5. The van der Waals surface area contributed by atoms with Crippen LogP contribution in [0.3, 0.4) is 0 Å². The molecule has 0 saturated heterocycles. The first kappa shape index (κ1) is 20.5. The van der Waals surface area contributed by atoms with Gasteiger partial charge in [0.15, 0.2) is 6.61 Å². The summed E-state index contributed by atoms with van der Waals surface area (Å²) in [6.07, 6.45) is 0. The summed E-state index contributed by atoms with van der Waals surface area (Å²) in [4.78, 5) is 35.8. The second kappa shape index (κ2) is 10.4. The van der Waals surface area contributed by atoms with Crippen LogP contribution >= 0.6 is 27.7 Å². The van der Waals surface area contributed by atoms with Crippen molar-refractivity contribution in [3.63, 3.8) is 0 Å². The highest BCUT2D eigenvalue weighted by Crippen LogP contribution is 2.25. The van der Waals surface area contributed by atoms with Crippen LogP contribution in [0, 0.1) is 6.92 Å². The molecule has 1 aromatic carbocycles. The highest BCUT2D eigenvalue weighted by Gasteiger charge is 2.16. The molecule has 6 nitrogen and oxygen atoms in total. The van der Waals surface area contributed by atoms with Gasteiger partial charge < -0.3 is 15.4 Å². The number of hydrogen-bond donors (Lipinski definition) is 2. The van der Waals surface area contributed by atoms with Gasteiger partial charge in [0.05, 0.1) is 5.75 Å². The van der Waals surface area contributed by atoms with Crippen LogP contribution in [0.15, 0.2) is 27.6 Å². The summed E-state index contributed by atoms with van der Waals surface area (Å²) in [5, 5.41) is 5.06. The molecule has 2 amide bonds. The van der Waals surface area contributed by atoms with Gasteiger partial charge in [-0.2, -0.15) is 0 Å². The predicted octanol–water partition coefficient (Wildman–Crippen LogP) is 2.03. The van der Waals surface area contributed by atoms with E-state index in [0.717, 1.165) is 14.9 Å². The van der Waals surface area contributed by atoms with Crippen LogP contribution in [0.4, 0.5) is 0 Å². The SMILES string of the molecule is CCNC(=O)[C@H](C)NC(=O)COC(=O)CSc1ccc(Br)cc1C. The maximum absolute atomic E-state index is 11.7. The monoisotopic (exact) mass is 416 g/mol. The number of benzene rings is 1. The number of ether oxygens (including phenoxy) is 1. The predicted molar refractivity (Wildman–Crippen MR) is 96.9 cm³/mol. The average Bonchev–Trinajstić information content (AvgIpc) is 2.52. The number of aryl methyl sites for hydroxylation is 1. The van der Waals surface area contributed by atoms with Crippen LogP contribution in [-0.2, 0) is 19.1 Å². The van der Waals surface area contributed by atoms with Crippen LogP contribution in [-0.4, -0.2) is 42.7 Å². The average molecular weight is 417 g/mol. The van der Waals surface area contributed by atoms with E-state index >= 15 is 0 Å². The van der Waals surface area contributed by atoms with Crippen LogP contribution < -0.4 is 10.6 Å². The Labute approximate surface area is 154 Å². The van der Waals surface area contributed by atoms with Crippen molar-refractivity contribution in [2.24, 2.45) is 0 Å². The molecule has 0 aliphatic heterocycles. The first-order valence-corrected chi connectivity index (χ1v) is 9.23. The Morgan fingerprint density at radius 3 is 2.67 bits per heavy atom. The molecule has 1 rings (SSSR count). The van der Waals surface area contributed by atoms with Gasteiger partial charge in [-0.15, -0.1) is 11.8 Å². The molecule has 0 aromatic heterocycles. The first-order chi connectivity index (χ1) is 11.3. The summed E-state index contributed by atoms with van der Waals surface area (Å²) in [5.41, 5.74) is 1.05. The van der Waals surface area contributed by atoms with Gasteiger partial charge in [0.1, 0.15) is 6.04 Å². The molecule has 0 aliphatic rings. The number of hydrogen-bond acceptors (Lipinski definition) is 5. The molecule has 0 fully saturated rings. The standard InChI is InChI=1S/C16H21BrN2O4S/c1-4-18-16(22)11(3)19-14(20)8-23-15(21)9-24-13-6-5-12(17)7-10(13)2/h5-7,11H,4,8-9H2,1-3H3,(H,18,22)(H,19,20)/t11-/m0/s1.